The fraction of sp³-hybridized carbons (Fsp3) is 0.406. The van der Waals surface area contributed by atoms with Gasteiger partial charge >= 0.3 is 5.69 Å². The summed E-state index contributed by atoms with van der Waals surface area (Å²) in [6.45, 7) is 6.91. The molecule has 2 heterocycles. The molecule has 0 unspecified atom stereocenters. The SMILES string of the molecule is CC(C)CCCc1cc(Cl)c(F)c(-c2cc3cn(-c4ccc([C@H](C)N[C@H](CCO)CCN=C(N)N)cc4)c(=O)nc3[nH]2)c1. The summed E-state index contributed by atoms with van der Waals surface area (Å²) in [5.74, 6) is 0.131. The summed E-state index contributed by atoms with van der Waals surface area (Å²) in [7, 11) is 0. The monoisotopic (exact) mass is 609 g/mol. The number of halogens is 2. The van der Waals surface area contributed by atoms with Crippen molar-refractivity contribution in [2.24, 2.45) is 22.4 Å². The van der Waals surface area contributed by atoms with Crippen LogP contribution in [0.2, 0.25) is 5.02 Å². The molecule has 0 amide bonds. The lowest BCUT2D eigenvalue weighted by molar-refractivity contribution is 0.256. The van der Waals surface area contributed by atoms with Crippen LogP contribution in [0.15, 0.2) is 58.4 Å². The van der Waals surface area contributed by atoms with Crippen LogP contribution in [0.3, 0.4) is 0 Å². The molecular weight excluding hydrogens is 569 g/mol. The molecule has 230 valence electrons. The van der Waals surface area contributed by atoms with Crippen LogP contribution in [0.25, 0.3) is 28.0 Å². The van der Waals surface area contributed by atoms with Gasteiger partial charge < -0.3 is 26.9 Å². The predicted molar refractivity (Wildman–Crippen MR) is 172 cm³/mol. The molecule has 0 aliphatic rings. The van der Waals surface area contributed by atoms with E-state index in [4.69, 9.17) is 23.1 Å². The highest BCUT2D eigenvalue weighted by molar-refractivity contribution is 6.31. The summed E-state index contributed by atoms with van der Waals surface area (Å²) in [6.07, 6.45) is 5.82. The molecule has 4 aromatic rings. The number of nitrogens with two attached hydrogens (primary N) is 2. The minimum Gasteiger partial charge on any atom is -0.396 e. The Morgan fingerprint density at radius 3 is 2.56 bits per heavy atom. The van der Waals surface area contributed by atoms with Crippen LogP contribution < -0.4 is 22.5 Å². The van der Waals surface area contributed by atoms with Crippen molar-refractivity contribution in [3.8, 4) is 16.9 Å². The van der Waals surface area contributed by atoms with Gasteiger partial charge in [-0.3, -0.25) is 9.56 Å². The number of aromatic amines is 1. The van der Waals surface area contributed by atoms with Crippen LogP contribution in [0.1, 0.15) is 63.6 Å². The minimum absolute atomic E-state index is 0.0165. The molecule has 9 nitrogen and oxygen atoms in total. The first kappa shape index (κ1) is 32.2. The van der Waals surface area contributed by atoms with Crippen LogP contribution in [0, 0.1) is 11.7 Å². The first-order valence-electron chi connectivity index (χ1n) is 14.7. The van der Waals surface area contributed by atoms with Crippen molar-refractivity contribution in [3.05, 3.63) is 81.1 Å². The summed E-state index contributed by atoms with van der Waals surface area (Å²) in [5.41, 5.74) is 14.3. The van der Waals surface area contributed by atoms with E-state index in [0.29, 0.717) is 53.3 Å². The van der Waals surface area contributed by atoms with Crippen molar-refractivity contribution in [2.75, 3.05) is 13.2 Å². The maximum atomic E-state index is 15.1. The Hall–Kier alpha value is -3.73. The van der Waals surface area contributed by atoms with E-state index in [1.807, 2.05) is 37.3 Å². The van der Waals surface area contributed by atoms with Crippen molar-refractivity contribution in [1.29, 1.82) is 0 Å². The molecule has 2 atom stereocenters. The molecule has 0 bridgehead atoms. The second-order valence-electron chi connectivity index (χ2n) is 11.4. The van der Waals surface area contributed by atoms with E-state index in [-0.39, 0.29) is 29.7 Å². The largest absolute Gasteiger partial charge is 0.396 e. The van der Waals surface area contributed by atoms with E-state index < -0.39 is 11.5 Å². The average Bonchev–Trinajstić information content (AvgIpc) is 3.36. The average molecular weight is 610 g/mol. The Kier molecular flexibility index (Phi) is 11.0. The number of aliphatic imine (C=N–C) groups is 1. The molecule has 7 N–H and O–H groups in total. The third-order valence-corrected chi connectivity index (χ3v) is 7.81. The Bertz CT molecular complexity index is 1610. The summed E-state index contributed by atoms with van der Waals surface area (Å²) < 4.78 is 16.6. The van der Waals surface area contributed by atoms with Crippen molar-refractivity contribution >= 4 is 28.6 Å². The predicted octanol–water partition coefficient (Wildman–Crippen LogP) is 5.22. The van der Waals surface area contributed by atoms with Gasteiger partial charge in [0.2, 0.25) is 0 Å². The Balaban J connectivity index is 1.54. The van der Waals surface area contributed by atoms with Gasteiger partial charge in [0.25, 0.3) is 0 Å². The molecule has 2 aromatic carbocycles. The molecule has 11 heteroatoms. The number of rotatable bonds is 14. The lowest BCUT2D eigenvalue weighted by Gasteiger charge is -2.23. The van der Waals surface area contributed by atoms with E-state index in [1.54, 1.807) is 18.3 Å². The number of hydrogen-bond donors (Lipinski definition) is 5. The number of H-pyrrole nitrogens is 1. The van der Waals surface area contributed by atoms with Crippen LogP contribution in [-0.4, -0.2) is 44.8 Å². The molecule has 0 saturated carbocycles. The third-order valence-electron chi connectivity index (χ3n) is 7.54. The number of hydrogen-bond acceptors (Lipinski definition) is 5. The molecule has 0 radical (unpaired) electrons. The molecule has 0 aliphatic carbocycles. The minimum atomic E-state index is -0.508. The van der Waals surface area contributed by atoms with Gasteiger partial charge in [-0.2, -0.15) is 4.98 Å². The number of aryl methyl sites for hydroxylation is 1. The quantitative estimate of drug-likeness (QED) is 0.0978. The van der Waals surface area contributed by atoms with Gasteiger partial charge in [-0.05, 0) is 80.0 Å². The van der Waals surface area contributed by atoms with Gasteiger partial charge in [-0.25, -0.2) is 9.18 Å². The standard InChI is InChI=1S/C32H41ClFN7O2/c1-19(2)5-4-6-21-15-26(29(34)27(33)16-21)28-17-23-18-41(32(43)40-30(23)39-28)25-9-7-22(8-10-25)20(3)38-24(12-14-42)11-13-37-31(35)36/h7-10,15-20,24,38,42H,4-6,11-14H2,1-3H3,(H4,35,36,37)(H,39,40,43)/t20-,24-/m0/s1. The first-order chi connectivity index (χ1) is 20.5. The Labute approximate surface area is 256 Å². The van der Waals surface area contributed by atoms with Gasteiger partial charge in [-0.15, -0.1) is 0 Å². The number of aliphatic hydroxyl groups is 1. The number of aromatic nitrogens is 3. The molecular formula is C32H41ClFN7O2. The summed E-state index contributed by atoms with van der Waals surface area (Å²) in [4.78, 5) is 24.4. The highest BCUT2D eigenvalue weighted by Gasteiger charge is 2.17. The van der Waals surface area contributed by atoms with Crippen LogP contribution in [-0.2, 0) is 6.42 Å². The first-order valence-corrected chi connectivity index (χ1v) is 15.1. The number of guanidine groups is 1. The zero-order valence-electron chi connectivity index (χ0n) is 24.9. The van der Waals surface area contributed by atoms with Crippen molar-refractivity contribution in [1.82, 2.24) is 19.9 Å². The highest BCUT2D eigenvalue weighted by atomic mass is 35.5. The second kappa shape index (κ2) is 14.6. The fourth-order valence-electron chi connectivity index (χ4n) is 5.21. The number of nitrogens with zero attached hydrogens (tertiary/aromatic N) is 3. The van der Waals surface area contributed by atoms with E-state index in [1.165, 1.54) is 4.57 Å². The van der Waals surface area contributed by atoms with E-state index in [0.717, 1.165) is 30.4 Å². The Morgan fingerprint density at radius 2 is 1.88 bits per heavy atom. The van der Waals surface area contributed by atoms with Gasteiger partial charge in [0.15, 0.2) is 11.8 Å². The Morgan fingerprint density at radius 1 is 1.14 bits per heavy atom. The fourth-order valence-corrected chi connectivity index (χ4v) is 5.46. The second-order valence-corrected chi connectivity index (χ2v) is 11.8. The van der Waals surface area contributed by atoms with Crippen LogP contribution in [0.5, 0.6) is 0 Å². The van der Waals surface area contributed by atoms with Crippen molar-refractivity contribution < 1.29 is 9.50 Å². The summed E-state index contributed by atoms with van der Waals surface area (Å²) in [6, 6.07) is 12.9. The number of benzene rings is 2. The van der Waals surface area contributed by atoms with Crippen molar-refractivity contribution in [3.63, 3.8) is 0 Å². The number of fused-ring (bicyclic) bond motifs is 1. The van der Waals surface area contributed by atoms with Crippen molar-refractivity contribution in [2.45, 2.75) is 65.0 Å². The van der Waals surface area contributed by atoms with Gasteiger partial charge in [0, 0.05) is 42.4 Å². The molecule has 0 spiro atoms. The maximum absolute atomic E-state index is 15.1. The molecule has 43 heavy (non-hydrogen) atoms. The summed E-state index contributed by atoms with van der Waals surface area (Å²) >= 11 is 6.26. The maximum Gasteiger partial charge on any atom is 0.354 e. The molecule has 4 rings (SSSR count). The third kappa shape index (κ3) is 8.43. The lowest BCUT2D eigenvalue weighted by atomic mass is 10.00. The van der Waals surface area contributed by atoms with Crippen LogP contribution in [0.4, 0.5) is 4.39 Å². The highest BCUT2D eigenvalue weighted by Crippen LogP contribution is 2.31. The number of nitrogens with one attached hydrogen (secondary N) is 2. The molecule has 0 aliphatic heterocycles. The summed E-state index contributed by atoms with van der Waals surface area (Å²) in [5, 5.41) is 13.7. The van der Waals surface area contributed by atoms with E-state index in [2.05, 4.69) is 34.1 Å². The van der Waals surface area contributed by atoms with Gasteiger partial charge in [-0.1, -0.05) is 44.0 Å². The molecule has 0 saturated heterocycles. The van der Waals surface area contributed by atoms with Gasteiger partial charge in [0.1, 0.15) is 5.65 Å². The zero-order valence-corrected chi connectivity index (χ0v) is 25.7. The number of aliphatic hydroxyl groups excluding tert-OH is 1. The molecule has 2 aromatic heterocycles. The normalized spacial score (nSPS) is 13.0. The topological polar surface area (TPSA) is 147 Å². The van der Waals surface area contributed by atoms with Crippen LogP contribution >= 0.6 is 11.6 Å². The smallest absolute Gasteiger partial charge is 0.354 e. The van der Waals surface area contributed by atoms with Gasteiger partial charge in [0.05, 0.1) is 16.4 Å². The van der Waals surface area contributed by atoms with E-state index >= 15 is 4.39 Å². The van der Waals surface area contributed by atoms with E-state index in [9.17, 15) is 9.90 Å². The zero-order chi connectivity index (χ0) is 31.1. The lowest BCUT2D eigenvalue weighted by Crippen LogP contribution is -2.33. The molecule has 0 fully saturated rings.